The van der Waals surface area contributed by atoms with Gasteiger partial charge in [0.15, 0.2) is 0 Å². The topological polar surface area (TPSA) is 60.4 Å². The minimum absolute atomic E-state index is 0.264. The molecule has 0 bridgehead atoms. The van der Waals surface area contributed by atoms with Gasteiger partial charge < -0.3 is 4.74 Å². The maximum atomic E-state index is 12.6. The highest BCUT2D eigenvalue weighted by molar-refractivity contribution is 5.95. The number of ether oxygens (including phenoxy) is 1. The molecule has 1 atom stereocenters. The Bertz CT molecular complexity index is 704. The Balaban J connectivity index is 3.66. The third kappa shape index (κ3) is 5.25. The monoisotopic (exact) mass is 356 g/mol. The van der Waals surface area contributed by atoms with Crippen molar-refractivity contribution in [2.45, 2.75) is 53.4 Å². The van der Waals surface area contributed by atoms with Gasteiger partial charge in [0, 0.05) is 22.6 Å². The zero-order valence-corrected chi connectivity index (χ0v) is 16.3. The van der Waals surface area contributed by atoms with Crippen LogP contribution in [0.2, 0.25) is 0 Å². The summed E-state index contributed by atoms with van der Waals surface area (Å²) in [6.45, 7) is 9.68. The van der Waals surface area contributed by atoms with Crippen LogP contribution in [0, 0.1) is 0 Å². The Morgan fingerprint density at radius 3 is 2.12 bits per heavy atom. The highest BCUT2D eigenvalue weighted by Gasteiger charge is 2.29. The number of esters is 1. The van der Waals surface area contributed by atoms with E-state index in [9.17, 15) is 14.4 Å². The van der Waals surface area contributed by atoms with E-state index in [4.69, 9.17) is 4.74 Å². The van der Waals surface area contributed by atoms with Crippen molar-refractivity contribution in [3.63, 3.8) is 0 Å². The second kappa shape index (κ2) is 10.5. The SMILES string of the molecule is CCC/C(C)=C(/C=O)C(C(C(=O)OCC)=C(C)C)c1ccc(C=O)cc1. The number of allylic oxidation sites excluding steroid dienone is 3. The van der Waals surface area contributed by atoms with E-state index in [1.165, 1.54) is 0 Å². The molecule has 1 rings (SSSR count). The largest absolute Gasteiger partial charge is 0.463 e. The van der Waals surface area contributed by atoms with E-state index in [0.717, 1.165) is 42.1 Å². The molecule has 0 radical (unpaired) electrons. The average molecular weight is 356 g/mol. The fourth-order valence-corrected chi connectivity index (χ4v) is 3.02. The molecule has 1 unspecified atom stereocenters. The number of carbonyl (C=O) groups is 3. The van der Waals surface area contributed by atoms with Gasteiger partial charge in [-0.3, -0.25) is 9.59 Å². The Morgan fingerprint density at radius 2 is 1.69 bits per heavy atom. The Hall–Kier alpha value is -2.49. The van der Waals surface area contributed by atoms with Gasteiger partial charge in [-0.05, 0) is 39.7 Å². The van der Waals surface area contributed by atoms with Gasteiger partial charge in [-0.15, -0.1) is 0 Å². The zero-order valence-electron chi connectivity index (χ0n) is 16.3. The van der Waals surface area contributed by atoms with Crippen LogP contribution in [-0.2, 0) is 14.3 Å². The molecule has 0 saturated heterocycles. The van der Waals surface area contributed by atoms with Crippen LogP contribution >= 0.6 is 0 Å². The quantitative estimate of drug-likeness (QED) is 0.362. The van der Waals surface area contributed by atoms with Crippen LogP contribution in [0.15, 0.2) is 46.6 Å². The molecule has 0 aromatic heterocycles. The molecule has 0 aliphatic rings. The van der Waals surface area contributed by atoms with Gasteiger partial charge in [0.05, 0.1) is 6.61 Å². The lowest BCUT2D eigenvalue weighted by molar-refractivity contribution is -0.138. The Morgan fingerprint density at radius 1 is 1.08 bits per heavy atom. The molecule has 0 spiro atoms. The van der Waals surface area contributed by atoms with Gasteiger partial charge in [0.25, 0.3) is 0 Å². The van der Waals surface area contributed by atoms with Crippen LogP contribution in [0.5, 0.6) is 0 Å². The number of benzene rings is 1. The summed E-state index contributed by atoms with van der Waals surface area (Å²) in [6.07, 6.45) is 3.29. The molecule has 0 amide bonds. The second-order valence-corrected chi connectivity index (χ2v) is 6.46. The summed E-state index contributed by atoms with van der Waals surface area (Å²) in [6, 6.07) is 6.97. The van der Waals surface area contributed by atoms with Gasteiger partial charge >= 0.3 is 5.97 Å². The average Bonchev–Trinajstić information content (AvgIpc) is 2.61. The number of hydrogen-bond acceptors (Lipinski definition) is 4. The maximum absolute atomic E-state index is 12.6. The highest BCUT2D eigenvalue weighted by atomic mass is 16.5. The number of rotatable bonds is 9. The molecular formula is C22H28O4. The summed E-state index contributed by atoms with van der Waals surface area (Å²) in [5.41, 5.74) is 4.14. The van der Waals surface area contributed by atoms with Crippen LogP contribution in [0.3, 0.4) is 0 Å². The van der Waals surface area contributed by atoms with Crippen molar-refractivity contribution in [2.75, 3.05) is 6.61 Å². The summed E-state index contributed by atoms with van der Waals surface area (Å²) in [5.74, 6) is -0.926. The smallest absolute Gasteiger partial charge is 0.334 e. The first-order valence-corrected chi connectivity index (χ1v) is 8.95. The molecule has 0 N–H and O–H groups in total. The summed E-state index contributed by atoms with van der Waals surface area (Å²) < 4.78 is 5.26. The van der Waals surface area contributed by atoms with Crippen LogP contribution in [-0.4, -0.2) is 25.1 Å². The van der Waals surface area contributed by atoms with Gasteiger partial charge in [0.1, 0.15) is 12.6 Å². The number of carbonyl (C=O) groups excluding carboxylic acids is 3. The standard InChI is InChI=1S/C22H28O4/c1-6-8-16(5)19(14-24)21(18-11-9-17(13-23)10-12-18)20(15(3)4)22(25)26-7-2/h9-14,21H,6-8H2,1-5H3/b19-16-. The van der Waals surface area contributed by atoms with Crippen molar-refractivity contribution >= 4 is 18.5 Å². The van der Waals surface area contributed by atoms with Crippen molar-refractivity contribution < 1.29 is 19.1 Å². The van der Waals surface area contributed by atoms with Gasteiger partial charge in [-0.1, -0.05) is 48.8 Å². The third-order valence-corrected chi connectivity index (χ3v) is 4.28. The van der Waals surface area contributed by atoms with Crippen molar-refractivity contribution in [1.29, 1.82) is 0 Å². The van der Waals surface area contributed by atoms with E-state index in [2.05, 4.69) is 0 Å². The lowest BCUT2D eigenvalue weighted by atomic mass is 9.80. The van der Waals surface area contributed by atoms with E-state index in [0.29, 0.717) is 16.7 Å². The van der Waals surface area contributed by atoms with Crippen molar-refractivity contribution in [2.24, 2.45) is 0 Å². The summed E-state index contributed by atoms with van der Waals surface area (Å²) >= 11 is 0. The predicted molar refractivity (Wildman–Crippen MR) is 103 cm³/mol. The first-order valence-electron chi connectivity index (χ1n) is 8.95. The molecule has 0 saturated carbocycles. The minimum Gasteiger partial charge on any atom is -0.463 e. The van der Waals surface area contributed by atoms with E-state index < -0.39 is 11.9 Å². The van der Waals surface area contributed by atoms with Gasteiger partial charge in [-0.25, -0.2) is 4.79 Å². The predicted octanol–water partition coefficient (Wildman–Crippen LogP) is 4.80. The number of hydrogen-bond donors (Lipinski definition) is 0. The fourth-order valence-electron chi connectivity index (χ4n) is 3.02. The van der Waals surface area contributed by atoms with E-state index in [1.54, 1.807) is 31.2 Å². The van der Waals surface area contributed by atoms with E-state index in [-0.39, 0.29) is 6.61 Å². The highest BCUT2D eigenvalue weighted by Crippen LogP contribution is 2.36. The first kappa shape index (κ1) is 21.6. The van der Waals surface area contributed by atoms with Crippen LogP contribution in [0.25, 0.3) is 0 Å². The van der Waals surface area contributed by atoms with E-state index >= 15 is 0 Å². The van der Waals surface area contributed by atoms with E-state index in [1.807, 2.05) is 27.7 Å². The molecular weight excluding hydrogens is 328 g/mol. The number of aldehydes is 2. The second-order valence-electron chi connectivity index (χ2n) is 6.46. The third-order valence-electron chi connectivity index (χ3n) is 4.28. The molecule has 0 aliphatic carbocycles. The first-order chi connectivity index (χ1) is 12.4. The van der Waals surface area contributed by atoms with Crippen molar-refractivity contribution in [3.8, 4) is 0 Å². The minimum atomic E-state index is -0.510. The normalized spacial score (nSPS) is 12.7. The van der Waals surface area contributed by atoms with Crippen LogP contribution in [0.4, 0.5) is 0 Å². The molecule has 0 fully saturated rings. The molecule has 4 heteroatoms. The van der Waals surface area contributed by atoms with Crippen molar-refractivity contribution in [3.05, 3.63) is 57.7 Å². The van der Waals surface area contributed by atoms with Gasteiger partial charge in [0.2, 0.25) is 0 Å². The molecule has 140 valence electrons. The summed E-state index contributed by atoms with van der Waals surface area (Å²) in [5, 5.41) is 0. The molecule has 26 heavy (non-hydrogen) atoms. The fraction of sp³-hybridized carbons (Fsp3) is 0.409. The lowest BCUT2D eigenvalue weighted by Gasteiger charge is -2.23. The summed E-state index contributed by atoms with van der Waals surface area (Å²) in [4.78, 5) is 35.6. The van der Waals surface area contributed by atoms with Crippen LogP contribution < -0.4 is 0 Å². The zero-order chi connectivity index (χ0) is 19.7. The summed E-state index contributed by atoms with van der Waals surface area (Å²) in [7, 11) is 0. The Labute approximate surface area is 155 Å². The lowest BCUT2D eigenvalue weighted by Crippen LogP contribution is -2.19. The molecule has 4 nitrogen and oxygen atoms in total. The Kier molecular flexibility index (Phi) is 8.70. The van der Waals surface area contributed by atoms with Crippen LogP contribution in [0.1, 0.15) is 69.3 Å². The molecule has 1 aromatic rings. The molecule has 0 heterocycles. The molecule has 0 aliphatic heterocycles. The molecule has 1 aromatic carbocycles. The maximum Gasteiger partial charge on any atom is 0.334 e. The van der Waals surface area contributed by atoms with Crippen molar-refractivity contribution in [1.82, 2.24) is 0 Å². The van der Waals surface area contributed by atoms with Gasteiger partial charge in [-0.2, -0.15) is 0 Å².